The van der Waals surface area contributed by atoms with Gasteiger partial charge in [0.2, 0.25) is 0 Å². The third kappa shape index (κ3) is 4.46. The lowest BCUT2D eigenvalue weighted by Gasteiger charge is -2.40. The summed E-state index contributed by atoms with van der Waals surface area (Å²) in [4.78, 5) is 15.8. The molecular weight excluding hydrogens is 397 g/mol. The van der Waals surface area contributed by atoms with Gasteiger partial charge in [0.25, 0.3) is 0 Å². The molecule has 1 aliphatic heterocycles. The number of carbonyl (C=O) groups is 1. The fourth-order valence-electron chi connectivity index (χ4n) is 4.03. The zero-order chi connectivity index (χ0) is 20.5. The van der Waals surface area contributed by atoms with Crippen LogP contribution in [0.15, 0.2) is 59.5 Å². The number of hydrogen-bond donors (Lipinski definition) is 0. The summed E-state index contributed by atoms with van der Waals surface area (Å²) in [6.45, 7) is 1.22. The van der Waals surface area contributed by atoms with Crippen LogP contribution >= 0.6 is 11.8 Å². The van der Waals surface area contributed by atoms with E-state index < -0.39 is 12.1 Å². The van der Waals surface area contributed by atoms with Crippen LogP contribution in [0, 0.1) is 0 Å². The highest BCUT2D eigenvalue weighted by molar-refractivity contribution is 7.98. The summed E-state index contributed by atoms with van der Waals surface area (Å²) in [5.74, 6) is -0.803. The lowest BCUT2D eigenvalue weighted by molar-refractivity contribution is -0.187. The van der Waals surface area contributed by atoms with Gasteiger partial charge in [-0.2, -0.15) is 13.2 Å². The second kappa shape index (κ2) is 8.03. The minimum Gasteiger partial charge on any atom is -0.332 e. The van der Waals surface area contributed by atoms with Gasteiger partial charge in [0.1, 0.15) is 0 Å². The summed E-state index contributed by atoms with van der Waals surface area (Å²) in [5.41, 5.74) is 2.43. The average molecular weight is 421 g/mol. The lowest BCUT2D eigenvalue weighted by atomic mass is 10.0. The van der Waals surface area contributed by atoms with Crippen LogP contribution in [-0.4, -0.2) is 48.1 Å². The Morgan fingerprint density at radius 1 is 0.931 bits per heavy atom. The minimum absolute atomic E-state index is 0.0734. The van der Waals surface area contributed by atoms with Gasteiger partial charge >= 0.3 is 12.1 Å². The molecule has 1 saturated carbocycles. The molecule has 154 valence electrons. The molecule has 3 nitrogen and oxygen atoms in total. The normalized spacial score (nSPS) is 19.2. The van der Waals surface area contributed by atoms with E-state index in [-0.39, 0.29) is 18.6 Å². The molecule has 1 heterocycles. The summed E-state index contributed by atoms with van der Waals surface area (Å²) in [7, 11) is 0. The first-order valence-electron chi connectivity index (χ1n) is 9.77. The van der Waals surface area contributed by atoms with E-state index in [2.05, 4.69) is 41.3 Å². The molecule has 2 aliphatic rings. The monoisotopic (exact) mass is 420 g/mol. The Kier molecular flexibility index (Phi) is 5.62. The van der Waals surface area contributed by atoms with Crippen LogP contribution in [0.25, 0.3) is 0 Å². The first-order valence-corrected chi connectivity index (χ1v) is 10.8. The van der Waals surface area contributed by atoms with Crippen molar-refractivity contribution in [3.8, 4) is 0 Å². The van der Waals surface area contributed by atoms with Gasteiger partial charge in [-0.05, 0) is 36.1 Å². The van der Waals surface area contributed by atoms with Crippen LogP contribution in [-0.2, 0) is 16.1 Å². The van der Waals surface area contributed by atoms with Crippen LogP contribution in [0.1, 0.15) is 24.0 Å². The summed E-state index contributed by atoms with van der Waals surface area (Å²) in [5, 5.41) is 0. The van der Waals surface area contributed by atoms with Crippen LogP contribution in [0.5, 0.6) is 0 Å². The van der Waals surface area contributed by atoms with E-state index in [0.29, 0.717) is 13.1 Å². The predicted octanol–water partition coefficient (Wildman–Crippen LogP) is 4.67. The van der Waals surface area contributed by atoms with E-state index in [1.165, 1.54) is 16.0 Å². The predicted molar refractivity (Wildman–Crippen MR) is 108 cm³/mol. The Bertz CT molecular complexity index is 843. The summed E-state index contributed by atoms with van der Waals surface area (Å²) < 4.78 is 37.9. The molecule has 4 rings (SSSR count). The number of carbonyl (C=O) groups excluding carboxylic acids is 1. The van der Waals surface area contributed by atoms with Gasteiger partial charge in [0.15, 0.2) is 0 Å². The molecule has 2 aromatic rings. The van der Waals surface area contributed by atoms with Crippen molar-refractivity contribution in [3.05, 3.63) is 65.7 Å². The van der Waals surface area contributed by atoms with E-state index in [1.807, 2.05) is 18.2 Å². The van der Waals surface area contributed by atoms with Crippen molar-refractivity contribution in [2.75, 3.05) is 26.2 Å². The van der Waals surface area contributed by atoms with Gasteiger partial charge in [-0.25, -0.2) is 0 Å². The Morgan fingerprint density at radius 3 is 2.10 bits per heavy atom. The summed E-state index contributed by atoms with van der Waals surface area (Å²) in [6.07, 6.45) is -2.76. The number of alkyl halides is 3. The van der Waals surface area contributed by atoms with E-state index >= 15 is 0 Å². The van der Waals surface area contributed by atoms with Gasteiger partial charge in [-0.15, -0.1) is 11.8 Å². The van der Waals surface area contributed by atoms with Crippen LogP contribution in [0.2, 0.25) is 0 Å². The molecule has 1 saturated heterocycles. The maximum atomic E-state index is 12.6. The number of nitrogens with zero attached hydrogens (tertiary/aromatic N) is 2. The molecule has 1 amide bonds. The number of piperazine rings is 1. The van der Waals surface area contributed by atoms with Gasteiger partial charge < -0.3 is 4.90 Å². The summed E-state index contributed by atoms with van der Waals surface area (Å²) in [6, 6.07) is 18.9. The second-order valence-electron chi connectivity index (χ2n) is 7.61. The van der Waals surface area contributed by atoms with E-state index in [1.54, 1.807) is 11.8 Å². The largest absolute Gasteiger partial charge is 0.471 e. The fourth-order valence-corrected chi connectivity index (χ4v) is 4.88. The molecule has 7 heteroatoms. The number of benzene rings is 2. The Morgan fingerprint density at radius 2 is 1.55 bits per heavy atom. The third-order valence-corrected chi connectivity index (χ3v) is 6.86. The molecule has 29 heavy (non-hydrogen) atoms. The highest BCUT2D eigenvalue weighted by Crippen LogP contribution is 2.51. The first-order chi connectivity index (χ1) is 13.9. The van der Waals surface area contributed by atoms with E-state index in [9.17, 15) is 18.0 Å². The van der Waals surface area contributed by atoms with Gasteiger partial charge in [-0.1, -0.05) is 42.5 Å². The Labute approximate surface area is 172 Å². The fraction of sp³-hybridized carbons (Fsp3) is 0.409. The van der Waals surface area contributed by atoms with Gasteiger partial charge in [0.05, 0.1) is 0 Å². The van der Waals surface area contributed by atoms with Crippen LogP contribution in [0.4, 0.5) is 13.2 Å². The molecule has 0 spiro atoms. The second-order valence-corrected chi connectivity index (χ2v) is 8.66. The van der Waals surface area contributed by atoms with Gasteiger partial charge in [0, 0.05) is 42.4 Å². The molecule has 0 aromatic heterocycles. The number of rotatable bonds is 5. The molecule has 0 atom stereocenters. The summed E-state index contributed by atoms with van der Waals surface area (Å²) >= 11 is 1.79. The van der Waals surface area contributed by atoms with E-state index in [4.69, 9.17) is 0 Å². The van der Waals surface area contributed by atoms with Crippen molar-refractivity contribution < 1.29 is 18.0 Å². The number of thioether (sulfide) groups is 1. The maximum Gasteiger partial charge on any atom is 0.471 e. The standard InChI is InChI=1S/C22H23F3N2OS/c23-22(24,25)20(28)26-12-14-27(15-13-26)21(10-11-21)18-6-8-19(9-7-18)29-16-17-4-2-1-3-5-17/h1-9H,10-16H2. The Balaban J connectivity index is 1.36. The molecule has 2 aromatic carbocycles. The molecule has 0 unspecified atom stereocenters. The minimum atomic E-state index is -4.79. The average Bonchev–Trinajstić information content (AvgIpc) is 3.54. The van der Waals surface area contributed by atoms with Gasteiger partial charge in [-0.3, -0.25) is 9.69 Å². The highest BCUT2D eigenvalue weighted by Gasteiger charge is 2.51. The molecule has 2 fully saturated rings. The maximum absolute atomic E-state index is 12.6. The highest BCUT2D eigenvalue weighted by atomic mass is 32.2. The molecular formula is C22H23F3N2OS. The van der Waals surface area contributed by atoms with Crippen molar-refractivity contribution in [2.45, 2.75) is 35.2 Å². The number of halogens is 3. The molecule has 0 N–H and O–H groups in total. The third-order valence-electron chi connectivity index (χ3n) is 5.78. The van der Waals surface area contributed by atoms with Crippen LogP contribution < -0.4 is 0 Å². The lowest BCUT2D eigenvalue weighted by Crippen LogP contribution is -2.54. The molecule has 1 aliphatic carbocycles. The zero-order valence-corrected chi connectivity index (χ0v) is 16.8. The van der Waals surface area contributed by atoms with Crippen molar-refractivity contribution >= 4 is 17.7 Å². The number of amides is 1. The SMILES string of the molecule is O=C(N1CCN(C2(c3ccc(SCc4ccccc4)cc3)CC2)CC1)C(F)(F)F. The number of hydrogen-bond acceptors (Lipinski definition) is 3. The zero-order valence-electron chi connectivity index (χ0n) is 16.0. The molecule has 0 radical (unpaired) electrons. The quantitative estimate of drug-likeness (QED) is 0.657. The van der Waals surface area contributed by atoms with Crippen molar-refractivity contribution in [1.29, 1.82) is 0 Å². The van der Waals surface area contributed by atoms with Crippen molar-refractivity contribution in [2.24, 2.45) is 0 Å². The smallest absolute Gasteiger partial charge is 0.332 e. The van der Waals surface area contributed by atoms with Crippen molar-refractivity contribution in [3.63, 3.8) is 0 Å². The Hall–Kier alpha value is -1.99. The molecule has 0 bridgehead atoms. The topological polar surface area (TPSA) is 23.6 Å². The first kappa shape index (κ1) is 20.3. The van der Waals surface area contributed by atoms with Crippen molar-refractivity contribution in [1.82, 2.24) is 9.80 Å². The van der Waals surface area contributed by atoms with Crippen LogP contribution in [0.3, 0.4) is 0 Å². The van der Waals surface area contributed by atoms with E-state index in [0.717, 1.165) is 23.5 Å².